The number of thioether (sulfide) groups is 1. The van der Waals surface area contributed by atoms with Crippen molar-refractivity contribution in [3.05, 3.63) is 45.9 Å². The minimum atomic E-state index is 0.576. The van der Waals surface area contributed by atoms with Gasteiger partial charge in [0.05, 0.1) is 5.69 Å². The number of benzene rings is 2. The smallest absolute Gasteiger partial charge is 0.0544 e. The molecule has 3 aliphatic rings. The van der Waals surface area contributed by atoms with Crippen molar-refractivity contribution in [3.63, 3.8) is 0 Å². The van der Waals surface area contributed by atoms with Crippen molar-refractivity contribution in [2.24, 2.45) is 0 Å². The molecule has 1 saturated heterocycles. The fourth-order valence-electron chi connectivity index (χ4n) is 4.48. The van der Waals surface area contributed by atoms with E-state index in [1.54, 1.807) is 0 Å². The van der Waals surface area contributed by atoms with Crippen LogP contribution in [-0.2, 0) is 0 Å². The summed E-state index contributed by atoms with van der Waals surface area (Å²) in [4.78, 5) is 4.05. The molecule has 2 aromatic rings. The highest BCUT2D eigenvalue weighted by molar-refractivity contribution is 7.99. The lowest BCUT2D eigenvalue weighted by Crippen LogP contribution is -2.45. The molecule has 1 fully saturated rings. The van der Waals surface area contributed by atoms with E-state index in [2.05, 4.69) is 22.3 Å². The van der Waals surface area contributed by atoms with Gasteiger partial charge < -0.3 is 10.2 Å². The van der Waals surface area contributed by atoms with Gasteiger partial charge in [0, 0.05) is 51.3 Å². The van der Waals surface area contributed by atoms with Gasteiger partial charge in [-0.2, -0.15) is 0 Å². The Labute approximate surface area is 156 Å². The second-order valence-corrected chi connectivity index (χ2v) is 8.67. The first-order valence-electron chi connectivity index (χ1n) is 8.46. The molecule has 0 aliphatic carbocycles. The van der Waals surface area contributed by atoms with Gasteiger partial charge in [0.25, 0.3) is 0 Å². The number of halogens is 2. The molecule has 0 spiro atoms. The minimum Gasteiger partial charge on any atom is -0.366 e. The number of rotatable bonds is 1. The predicted molar refractivity (Wildman–Crippen MR) is 104 cm³/mol. The van der Waals surface area contributed by atoms with Gasteiger partial charge in [-0.1, -0.05) is 29.3 Å². The lowest BCUT2D eigenvalue weighted by Gasteiger charge is -2.36. The second kappa shape index (κ2) is 5.84. The van der Waals surface area contributed by atoms with Crippen LogP contribution in [-0.4, -0.2) is 31.4 Å². The average molecular weight is 377 g/mol. The molecule has 0 saturated carbocycles. The van der Waals surface area contributed by atoms with E-state index in [9.17, 15) is 0 Å². The quantitative estimate of drug-likeness (QED) is 0.750. The molecule has 1 N–H and O–H groups in total. The third-order valence-corrected chi connectivity index (χ3v) is 7.12. The van der Waals surface area contributed by atoms with Gasteiger partial charge >= 0.3 is 0 Å². The predicted octanol–water partition coefficient (Wildman–Crippen LogP) is 5.03. The summed E-state index contributed by atoms with van der Waals surface area (Å²) in [5.41, 5.74) is 5.06. The SMILES string of the molecule is Clc1cccc(Cl)c1-c1cc2c3c(c1)[C@@H]1CNCC[C@@H]1N3CCS2. The molecular weight excluding hydrogens is 359 g/mol. The van der Waals surface area contributed by atoms with Crippen LogP contribution < -0.4 is 10.2 Å². The molecule has 24 heavy (non-hydrogen) atoms. The molecular formula is C19H18Cl2N2S. The Hall–Kier alpha value is -0.870. The van der Waals surface area contributed by atoms with Gasteiger partial charge in [-0.05, 0) is 48.4 Å². The summed E-state index contributed by atoms with van der Waals surface area (Å²) in [5, 5.41) is 5.03. The lowest BCUT2D eigenvalue weighted by atomic mass is 9.88. The highest BCUT2D eigenvalue weighted by Gasteiger charge is 2.42. The molecule has 0 unspecified atom stereocenters. The number of piperidine rings is 1. The lowest BCUT2D eigenvalue weighted by molar-refractivity contribution is 0.406. The van der Waals surface area contributed by atoms with Crippen LogP contribution in [0.3, 0.4) is 0 Å². The van der Waals surface area contributed by atoms with Gasteiger partial charge in [0.2, 0.25) is 0 Å². The first-order chi connectivity index (χ1) is 11.7. The summed E-state index contributed by atoms with van der Waals surface area (Å²) >= 11 is 14.9. The van der Waals surface area contributed by atoms with E-state index >= 15 is 0 Å². The maximum Gasteiger partial charge on any atom is 0.0544 e. The zero-order valence-electron chi connectivity index (χ0n) is 13.2. The van der Waals surface area contributed by atoms with E-state index in [0.717, 1.165) is 46.6 Å². The summed E-state index contributed by atoms with van der Waals surface area (Å²) in [7, 11) is 0. The molecule has 3 heterocycles. The number of nitrogens with zero attached hydrogens (tertiary/aromatic N) is 1. The third-order valence-electron chi connectivity index (χ3n) is 5.48. The van der Waals surface area contributed by atoms with E-state index in [-0.39, 0.29) is 0 Å². The zero-order chi connectivity index (χ0) is 16.3. The van der Waals surface area contributed by atoms with Crippen LogP contribution in [0, 0.1) is 0 Å². The highest BCUT2D eigenvalue weighted by atomic mass is 35.5. The van der Waals surface area contributed by atoms with E-state index < -0.39 is 0 Å². The van der Waals surface area contributed by atoms with Gasteiger partial charge in [0.1, 0.15) is 0 Å². The molecule has 0 radical (unpaired) electrons. The Bertz CT molecular complexity index is 803. The summed E-state index contributed by atoms with van der Waals surface area (Å²) < 4.78 is 0. The van der Waals surface area contributed by atoms with Crippen molar-refractivity contribution >= 4 is 40.7 Å². The minimum absolute atomic E-state index is 0.576. The summed E-state index contributed by atoms with van der Waals surface area (Å²) in [5.74, 6) is 1.73. The normalized spacial score (nSPS) is 24.7. The van der Waals surface area contributed by atoms with Gasteiger partial charge in [-0.3, -0.25) is 0 Å². The molecule has 5 rings (SSSR count). The van der Waals surface area contributed by atoms with Crippen LogP contribution in [0.25, 0.3) is 11.1 Å². The number of fused-ring (bicyclic) bond motifs is 3. The summed E-state index contributed by atoms with van der Waals surface area (Å²) in [6.45, 7) is 3.35. The standard InChI is InChI=1S/C19H18Cl2N2S/c20-14-2-1-3-15(21)18(14)11-8-12-13-10-22-5-4-16(13)23-6-7-24-17(9-11)19(12)23/h1-3,8-9,13,16,22H,4-7,10H2/t13-,16-/m0/s1. The maximum absolute atomic E-state index is 6.48. The summed E-state index contributed by atoms with van der Waals surface area (Å²) in [6.07, 6.45) is 1.23. The molecule has 2 aromatic carbocycles. The van der Waals surface area contributed by atoms with Gasteiger partial charge in [-0.15, -0.1) is 11.8 Å². The van der Waals surface area contributed by atoms with Crippen LogP contribution in [0.2, 0.25) is 10.0 Å². The molecule has 124 valence electrons. The average Bonchev–Trinajstić information content (AvgIpc) is 2.91. The molecule has 0 amide bonds. The van der Waals surface area contributed by atoms with Crippen molar-refractivity contribution in [3.8, 4) is 11.1 Å². The van der Waals surface area contributed by atoms with E-state index in [4.69, 9.17) is 23.2 Å². The van der Waals surface area contributed by atoms with Crippen molar-refractivity contribution in [1.82, 2.24) is 5.32 Å². The Balaban J connectivity index is 1.72. The van der Waals surface area contributed by atoms with Crippen molar-refractivity contribution in [1.29, 1.82) is 0 Å². The van der Waals surface area contributed by atoms with E-state index in [1.807, 2.05) is 30.0 Å². The Kier molecular flexibility index (Phi) is 3.75. The fraction of sp³-hybridized carbons (Fsp3) is 0.368. The monoisotopic (exact) mass is 376 g/mol. The van der Waals surface area contributed by atoms with Crippen LogP contribution in [0.5, 0.6) is 0 Å². The highest BCUT2D eigenvalue weighted by Crippen LogP contribution is 2.52. The van der Waals surface area contributed by atoms with Crippen molar-refractivity contribution in [2.45, 2.75) is 23.3 Å². The topological polar surface area (TPSA) is 15.3 Å². The van der Waals surface area contributed by atoms with Crippen LogP contribution in [0.1, 0.15) is 17.9 Å². The largest absolute Gasteiger partial charge is 0.366 e. The fourth-order valence-corrected chi connectivity index (χ4v) is 6.19. The molecule has 0 bridgehead atoms. The van der Waals surface area contributed by atoms with Gasteiger partial charge in [-0.25, -0.2) is 0 Å². The molecule has 0 aromatic heterocycles. The van der Waals surface area contributed by atoms with Crippen LogP contribution >= 0.6 is 35.0 Å². The first-order valence-corrected chi connectivity index (χ1v) is 10.2. The van der Waals surface area contributed by atoms with Crippen molar-refractivity contribution in [2.75, 3.05) is 30.3 Å². The van der Waals surface area contributed by atoms with E-state index in [0.29, 0.717) is 12.0 Å². The first kappa shape index (κ1) is 15.4. The Morgan fingerprint density at radius 2 is 2.00 bits per heavy atom. The molecule has 3 aliphatic heterocycles. The van der Waals surface area contributed by atoms with E-state index in [1.165, 1.54) is 22.6 Å². The number of hydrogen-bond acceptors (Lipinski definition) is 3. The molecule has 2 nitrogen and oxygen atoms in total. The molecule has 5 heteroatoms. The maximum atomic E-state index is 6.48. The van der Waals surface area contributed by atoms with Crippen molar-refractivity contribution < 1.29 is 0 Å². The number of anilines is 1. The Morgan fingerprint density at radius 3 is 2.83 bits per heavy atom. The van der Waals surface area contributed by atoms with Crippen LogP contribution in [0.15, 0.2) is 35.2 Å². The Morgan fingerprint density at radius 1 is 1.17 bits per heavy atom. The zero-order valence-corrected chi connectivity index (χ0v) is 15.5. The summed E-state index contributed by atoms with van der Waals surface area (Å²) in [6, 6.07) is 11.0. The number of hydrogen-bond donors (Lipinski definition) is 1. The van der Waals surface area contributed by atoms with Gasteiger partial charge in [0.15, 0.2) is 0 Å². The second-order valence-electron chi connectivity index (χ2n) is 6.72. The van der Waals surface area contributed by atoms with Crippen LogP contribution in [0.4, 0.5) is 5.69 Å². The number of nitrogens with one attached hydrogen (secondary N) is 1. The molecule has 2 atom stereocenters. The third kappa shape index (κ3) is 2.22.